The van der Waals surface area contributed by atoms with Crippen molar-refractivity contribution in [1.82, 2.24) is 15.9 Å². The molecule has 0 bridgehead atoms. The first-order valence-electron chi connectivity index (χ1n) is 9.02. The molecule has 2 atom stereocenters. The minimum Gasteiger partial charge on any atom is -0.479 e. The third-order valence-corrected chi connectivity index (χ3v) is 4.93. The Morgan fingerprint density at radius 2 is 1.88 bits per heavy atom. The highest BCUT2D eigenvalue weighted by atomic mass is 35.5. The molecule has 0 saturated carbocycles. The van der Waals surface area contributed by atoms with Crippen LogP contribution in [0, 0.1) is 11.7 Å². The van der Waals surface area contributed by atoms with Crippen LogP contribution < -0.4 is 17.2 Å². The summed E-state index contributed by atoms with van der Waals surface area (Å²) < 4.78 is 28.5. The number of aromatic nitrogens is 2. The molecule has 7 N–H and O–H groups in total. The lowest BCUT2D eigenvalue weighted by atomic mass is 10.0. The van der Waals surface area contributed by atoms with Gasteiger partial charge in [-0.05, 0) is 36.4 Å². The van der Waals surface area contributed by atoms with Crippen LogP contribution in [0.2, 0.25) is 0 Å². The lowest BCUT2D eigenvalue weighted by Gasteiger charge is -2.15. The zero-order valence-corrected chi connectivity index (χ0v) is 17.4. The summed E-state index contributed by atoms with van der Waals surface area (Å²) in [6, 6.07) is 8.54. The molecule has 170 valence electrons. The van der Waals surface area contributed by atoms with Gasteiger partial charge in [-0.3, -0.25) is 9.59 Å². The molecule has 32 heavy (non-hydrogen) atoms. The van der Waals surface area contributed by atoms with Crippen molar-refractivity contribution in [2.75, 3.05) is 11.2 Å². The number of benzene rings is 2. The van der Waals surface area contributed by atoms with E-state index in [0.717, 1.165) is 6.07 Å². The molecule has 0 aliphatic rings. The second kappa shape index (κ2) is 10.2. The standard InChI is InChI=1S/C20H17ClF2N4O4.H3N/c21-8-10(6-16(23)20(30)31)19(29)25-13-1-3-14(4-2-13)27-9-11-5-12(22)7-15(18(24)28)17(11)26-27;/h1-5,7,9-10,16H,6,8H2,(H2,24,28)(H,25,29)(H,30,31);1H3. The summed E-state index contributed by atoms with van der Waals surface area (Å²) in [4.78, 5) is 34.4. The summed E-state index contributed by atoms with van der Waals surface area (Å²) in [7, 11) is 0. The van der Waals surface area contributed by atoms with Crippen LogP contribution in [0.5, 0.6) is 0 Å². The number of carboxylic acid groups (broad SMARTS) is 1. The first-order chi connectivity index (χ1) is 14.7. The molecule has 0 fully saturated rings. The number of nitrogens with zero attached hydrogens (tertiary/aromatic N) is 2. The van der Waals surface area contributed by atoms with E-state index in [1.165, 1.54) is 16.9 Å². The van der Waals surface area contributed by atoms with E-state index in [1.807, 2.05) is 0 Å². The quantitative estimate of drug-likeness (QED) is 0.372. The summed E-state index contributed by atoms with van der Waals surface area (Å²) in [5.74, 6) is -4.95. The van der Waals surface area contributed by atoms with Crippen molar-refractivity contribution in [1.29, 1.82) is 0 Å². The Balaban J connectivity index is 0.00000363. The van der Waals surface area contributed by atoms with Crippen molar-refractivity contribution in [3.8, 4) is 5.69 Å². The normalized spacial score (nSPS) is 12.6. The van der Waals surface area contributed by atoms with E-state index >= 15 is 0 Å². The molecule has 12 heteroatoms. The third kappa shape index (κ3) is 5.37. The van der Waals surface area contributed by atoms with E-state index in [2.05, 4.69) is 10.4 Å². The summed E-state index contributed by atoms with van der Waals surface area (Å²) in [5.41, 5.74) is 6.41. The number of hydrogen-bond donors (Lipinski definition) is 4. The van der Waals surface area contributed by atoms with E-state index in [-0.39, 0.29) is 23.1 Å². The molecule has 0 saturated heterocycles. The summed E-state index contributed by atoms with van der Waals surface area (Å²) in [6.07, 6.45) is -1.21. The maximum atomic E-state index is 13.7. The number of amides is 2. The second-order valence-corrected chi connectivity index (χ2v) is 7.07. The van der Waals surface area contributed by atoms with Crippen molar-refractivity contribution in [3.63, 3.8) is 0 Å². The zero-order valence-electron chi connectivity index (χ0n) is 16.6. The van der Waals surface area contributed by atoms with Gasteiger partial charge < -0.3 is 22.3 Å². The molecule has 3 aromatic rings. The number of rotatable bonds is 8. The third-order valence-electron chi connectivity index (χ3n) is 4.55. The Labute approximate surface area is 185 Å². The maximum Gasteiger partial charge on any atom is 0.338 e. The molecule has 9 nitrogen and oxygen atoms in total. The molecule has 0 spiro atoms. The first kappa shape index (κ1) is 24.7. The maximum absolute atomic E-state index is 13.7. The number of nitrogens with two attached hydrogens (primary N) is 1. The first-order valence-corrected chi connectivity index (χ1v) is 9.56. The minimum absolute atomic E-state index is 0. The van der Waals surface area contributed by atoms with Crippen LogP contribution >= 0.6 is 11.6 Å². The molecule has 2 unspecified atom stereocenters. The van der Waals surface area contributed by atoms with Crippen LogP contribution in [0.3, 0.4) is 0 Å². The molecule has 0 aliphatic carbocycles. The van der Waals surface area contributed by atoms with Gasteiger partial charge in [0.1, 0.15) is 11.3 Å². The number of nitrogens with one attached hydrogen (secondary N) is 1. The van der Waals surface area contributed by atoms with E-state index in [1.54, 1.807) is 24.3 Å². The average Bonchev–Trinajstić information content (AvgIpc) is 3.15. The number of alkyl halides is 2. The fourth-order valence-electron chi connectivity index (χ4n) is 2.95. The molecule has 1 aromatic heterocycles. The van der Waals surface area contributed by atoms with Crippen LogP contribution in [0.4, 0.5) is 14.5 Å². The number of anilines is 1. The van der Waals surface area contributed by atoms with Gasteiger partial charge in [-0.1, -0.05) is 0 Å². The summed E-state index contributed by atoms with van der Waals surface area (Å²) in [5, 5.41) is 15.9. The van der Waals surface area contributed by atoms with E-state index in [0.29, 0.717) is 16.8 Å². The Morgan fingerprint density at radius 3 is 2.44 bits per heavy atom. The van der Waals surface area contributed by atoms with Crippen molar-refractivity contribution >= 4 is 46.0 Å². The highest BCUT2D eigenvalue weighted by Gasteiger charge is 2.26. The Bertz CT molecular complexity index is 1150. The minimum atomic E-state index is -2.19. The lowest BCUT2D eigenvalue weighted by molar-refractivity contribution is -0.143. The highest BCUT2D eigenvalue weighted by molar-refractivity contribution is 6.19. The molecule has 1 heterocycles. The molecule has 0 aliphatic heterocycles. The van der Waals surface area contributed by atoms with Gasteiger partial charge >= 0.3 is 5.97 Å². The molecular weight excluding hydrogens is 448 g/mol. The molecule has 3 rings (SSSR count). The Kier molecular flexibility index (Phi) is 7.84. The van der Waals surface area contributed by atoms with Gasteiger partial charge in [-0.15, -0.1) is 11.6 Å². The lowest BCUT2D eigenvalue weighted by Crippen LogP contribution is -2.29. The van der Waals surface area contributed by atoms with Crippen LogP contribution in [0.25, 0.3) is 16.6 Å². The van der Waals surface area contributed by atoms with Crippen molar-refractivity contribution in [2.45, 2.75) is 12.6 Å². The monoisotopic (exact) mass is 467 g/mol. The largest absolute Gasteiger partial charge is 0.479 e. The number of primary amides is 1. The Hall–Kier alpha value is -3.57. The van der Waals surface area contributed by atoms with Gasteiger partial charge in [-0.2, -0.15) is 5.10 Å². The number of hydrogen-bond acceptors (Lipinski definition) is 5. The van der Waals surface area contributed by atoms with Crippen LogP contribution in [0.15, 0.2) is 42.6 Å². The Morgan fingerprint density at radius 1 is 1.22 bits per heavy atom. The average molecular weight is 468 g/mol. The van der Waals surface area contributed by atoms with E-state index in [9.17, 15) is 23.2 Å². The predicted octanol–water partition coefficient (Wildman–Crippen LogP) is 3.03. The van der Waals surface area contributed by atoms with Gasteiger partial charge in [0.25, 0.3) is 5.91 Å². The molecule has 0 radical (unpaired) electrons. The summed E-state index contributed by atoms with van der Waals surface area (Å²) in [6.45, 7) is 0. The summed E-state index contributed by atoms with van der Waals surface area (Å²) >= 11 is 5.68. The number of carboxylic acids is 1. The van der Waals surface area contributed by atoms with Crippen molar-refractivity contribution in [2.24, 2.45) is 11.7 Å². The number of halogens is 3. The van der Waals surface area contributed by atoms with E-state index in [4.69, 9.17) is 22.4 Å². The van der Waals surface area contributed by atoms with Crippen molar-refractivity contribution in [3.05, 3.63) is 54.0 Å². The van der Waals surface area contributed by atoms with Gasteiger partial charge in [0.05, 0.1) is 17.2 Å². The number of fused-ring (bicyclic) bond motifs is 1. The van der Waals surface area contributed by atoms with Gasteiger partial charge in [-0.25, -0.2) is 18.3 Å². The smallest absolute Gasteiger partial charge is 0.338 e. The zero-order chi connectivity index (χ0) is 22.7. The fourth-order valence-corrected chi connectivity index (χ4v) is 3.22. The number of carbonyl (C=O) groups excluding carboxylic acids is 2. The van der Waals surface area contributed by atoms with Gasteiger partial charge in [0.15, 0.2) is 6.17 Å². The number of aliphatic carboxylic acids is 1. The molecule has 2 amide bonds. The van der Waals surface area contributed by atoms with Crippen molar-refractivity contribution < 1.29 is 28.3 Å². The topological polar surface area (TPSA) is 162 Å². The van der Waals surface area contributed by atoms with Crippen LogP contribution in [0.1, 0.15) is 16.8 Å². The second-order valence-electron chi connectivity index (χ2n) is 6.76. The van der Waals surface area contributed by atoms with Gasteiger partial charge in [0, 0.05) is 29.6 Å². The predicted molar refractivity (Wildman–Crippen MR) is 115 cm³/mol. The molecule has 2 aromatic carbocycles. The molecular formula is C20H20ClF2N5O4. The number of carbonyl (C=O) groups is 3. The van der Waals surface area contributed by atoms with E-state index < -0.39 is 42.1 Å². The fraction of sp³-hybridized carbons (Fsp3) is 0.200. The van der Waals surface area contributed by atoms with Crippen LogP contribution in [-0.4, -0.2) is 44.7 Å². The van der Waals surface area contributed by atoms with Gasteiger partial charge in [0.2, 0.25) is 5.91 Å². The highest BCUT2D eigenvalue weighted by Crippen LogP contribution is 2.22. The van der Waals surface area contributed by atoms with Crippen LogP contribution in [-0.2, 0) is 9.59 Å². The SMILES string of the molecule is N.NC(=O)c1cc(F)cc2cn(-c3ccc(NC(=O)C(CCl)CC(F)C(=O)O)cc3)nc12.